The topological polar surface area (TPSA) is 68.4 Å². The molecule has 6 nitrogen and oxygen atoms in total. The van der Waals surface area contributed by atoms with Crippen molar-refractivity contribution in [2.24, 2.45) is 5.92 Å². The number of fused-ring (bicyclic) bond motifs is 2. The summed E-state index contributed by atoms with van der Waals surface area (Å²) in [6, 6.07) is 7.00. The molecule has 1 aromatic carbocycles. The zero-order valence-electron chi connectivity index (χ0n) is 18.0. The van der Waals surface area contributed by atoms with E-state index in [0.717, 1.165) is 62.4 Å². The molecule has 1 unspecified atom stereocenters. The molecule has 0 bridgehead atoms. The molecule has 160 valence electrons. The first-order valence-corrected chi connectivity index (χ1v) is 11.5. The van der Waals surface area contributed by atoms with Gasteiger partial charge in [0.15, 0.2) is 6.29 Å². The molecule has 2 heterocycles. The Balaban J connectivity index is 1.48. The van der Waals surface area contributed by atoms with Gasteiger partial charge in [0.2, 0.25) is 0 Å². The van der Waals surface area contributed by atoms with Gasteiger partial charge in [-0.15, -0.1) is 0 Å². The molecule has 3 aliphatic rings. The van der Waals surface area contributed by atoms with E-state index in [0.29, 0.717) is 12.0 Å². The lowest BCUT2D eigenvalue weighted by molar-refractivity contribution is 0.0929. The Labute approximate surface area is 178 Å². The Morgan fingerprint density at radius 1 is 1.30 bits per heavy atom. The van der Waals surface area contributed by atoms with Crippen LogP contribution in [-0.4, -0.2) is 65.4 Å². The zero-order valence-corrected chi connectivity index (χ0v) is 18.0. The zero-order chi connectivity index (χ0) is 20.8. The molecule has 30 heavy (non-hydrogen) atoms. The van der Waals surface area contributed by atoms with Crippen LogP contribution in [0.2, 0.25) is 0 Å². The van der Waals surface area contributed by atoms with Crippen molar-refractivity contribution < 1.29 is 9.59 Å². The number of aromatic amines is 1. The fraction of sp³-hybridized carbons (Fsp3) is 0.583. The van der Waals surface area contributed by atoms with E-state index in [-0.39, 0.29) is 12.1 Å². The smallest absolute Gasteiger partial charge is 0.317 e. The Hall–Kier alpha value is -2.34. The van der Waals surface area contributed by atoms with E-state index < -0.39 is 0 Å². The molecule has 1 saturated carbocycles. The third-order valence-electron chi connectivity index (χ3n) is 7.42. The summed E-state index contributed by atoms with van der Waals surface area (Å²) in [6.45, 7) is 7.51. The molecule has 6 heteroatoms. The molecule has 2 amide bonds. The number of hydrogen-bond donors (Lipinski definition) is 2. The molecule has 0 spiro atoms. The molecular weight excluding hydrogens is 376 g/mol. The summed E-state index contributed by atoms with van der Waals surface area (Å²) >= 11 is 0. The third-order valence-corrected chi connectivity index (χ3v) is 7.42. The van der Waals surface area contributed by atoms with Crippen molar-refractivity contribution in [1.82, 2.24) is 20.1 Å². The molecule has 1 aromatic heterocycles. The number of benzene rings is 1. The van der Waals surface area contributed by atoms with Gasteiger partial charge in [0, 0.05) is 55.1 Å². The van der Waals surface area contributed by atoms with E-state index in [2.05, 4.69) is 33.4 Å². The van der Waals surface area contributed by atoms with Crippen LogP contribution in [0.3, 0.4) is 0 Å². The number of piperidine rings is 1. The number of carbonyl (C=O) groups excluding carboxylic acids is 2. The van der Waals surface area contributed by atoms with E-state index in [1.807, 2.05) is 18.7 Å². The minimum atomic E-state index is 0.0504. The minimum absolute atomic E-state index is 0.0504. The van der Waals surface area contributed by atoms with E-state index in [1.165, 1.54) is 29.4 Å². The standard InChI is InChI=1S/C24H32N4O2/c1-3-27(4-2)24(30)25-16-10-18-17-6-5-7-20-23(17)19(21(14-29)26-20)11-22(18)28(13-16)12-15-8-9-15/h5-7,14-16,18,22,26H,3-4,8-13H2,1-2H3,(H,25,30)/t16-,18?,22+/m0/s1. The Kier molecular flexibility index (Phi) is 5.05. The molecule has 1 aliphatic heterocycles. The largest absolute Gasteiger partial charge is 0.352 e. The molecule has 2 aromatic rings. The van der Waals surface area contributed by atoms with Crippen molar-refractivity contribution >= 4 is 23.2 Å². The highest BCUT2D eigenvalue weighted by atomic mass is 16.2. The van der Waals surface area contributed by atoms with Gasteiger partial charge in [-0.1, -0.05) is 12.1 Å². The molecule has 2 aliphatic carbocycles. The van der Waals surface area contributed by atoms with Crippen LogP contribution in [-0.2, 0) is 6.42 Å². The van der Waals surface area contributed by atoms with Crippen LogP contribution in [0.25, 0.3) is 10.9 Å². The highest BCUT2D eigenvalue weighted by molar-refractivity contribution is 5.95. The van der Waals surface area contributed by atoms with Crippen LogP contribution in [0.4, 0.5) is 4.79 Å². The lowest BCUT2D eigenvalue weighted by Crippen LogP contribution is -2.58. The van der Waals surface area contributed by atoms with Crippen LogP contribution < -0.4 is 5.32 Å². The molecular formula is C24H32N4O2. The number of nitrogens with one attached hydrogen (secondary N) is 2. The number of likely N-dealkylation sites (tertiary alicyclic amines) is 1. The average Bonchev–Trinajstić information content (AvgIpc) is 3.49. The van der Waals surface area contributed by atoms with E-state index in [4.69, 9.17) is 0 Å². The Morgan fingerprint density at radius 3 is 2.80 bits per heavy atom. The van der Waals surface area contributed by atoms with Gasteiger partial charge < -0.3 is 15.2 Å². The quantitative estimate of drug-likeness (QED) is 0.719. The van der Waals surface area contributed by atoms with Gasteiger partial charge in [0.05, 0.1) is 5.69 Å². The fourth-order valence-corrected chi connectivity index (χ4v) is 5.74. The molecule has 5 rings (SSSR count). The number of aldehydes is 1. The second-order valence-electron chi connectivity index (χ2n) is 9.23. The van der Waals surface area contributed by atoms with Gasteiger partial charge in [-0.3, -0.25) is 9.69 Å². The molecule has 0 radical (unpaired) electrons. The Bertz CT molecular complexity index is 960. The van der Waals surface area contributed by atoms with Crippen LogP contribution in [0.15, 0.2) is 18.2 Å². The van der Waals surface area contributed by atoms with Crippen LogP contribution in [0, 0.1) is 5.92 Å². The Morgan fingerprint density at radius 2 is 2.10 bits per heavy atom. The van der Waals surface area contributed by atoms with Crippen LogP contribution >= 0.6 is 0 Å². The van der Waals surface area contributed by atoms with E-state index in [9.17, 15) is 9.59 Å². The normalized spacial score (nSPS) is 25.7. The minimum Gasteiger partial charge on any atom is -0.352 e. The summed E-state index contributed by atoms with van der Waals surface area (Å²) in [5, 5.41) is 4.57. The first-order chi connectivity index (χ1) is 14.6. The fourth-order valence-electron chi connectivity index (χ4n) is 5.74. The first kappa shape index (κ1) is 19.6. The van der Waals surface area contributed by atoms with Crippen molar-refractivity contribution in [3.63, 3.8) is 0 Å². The summed E-state index contributed by atoms with van der Waals surface area (Å²) in [6.07, 6.45) is 5.47. The lowest BCUT2D eigenvalue weighted by atomic mass is 9.73. The highest BCUT2D eigenvalue weighted by Gasteiger charge is 2.43. The third kappa shape index (κ3) is 3.31. The molecule has 3 atom stereocenters. The number of nitrogens with zero attached hydrogens (tertiary/aromatic N) is 2. The number of carbonyl (C=O) groups is 2. The van der Waals surface area contributed by atoms with Crippen molar-refractivity contribution in [3.05, 3.63) is 35.0 Å². The number of urea groups is 1. The van der Waals surface area contributed by atoms with Crippen molar-refractivity contribution in [3.8, 4) is 0 Å². The maximum atomic E-state index is 12.8. The van der Waals surface area contributed by atoms with Crippen molar-refractivity contribution in [1.29, 1.82) is 0 Å². The van der Waals surface area contributed by atoms with E-state index in [1.54, 1.807) is 0 Å². The monoisotopic (exact) mass is 408 g/mol. The summed E-state index contributed by atoms with van der Waals surface area (Å²) in [4.78, 5) is 32.3. The lowest BCUT2D eigenvalue weighted by Gasteiger charge is -2.47. The van der Waals surface area contributed by atoms with Gasteiger partial charge in [-0.2, -0.15) is 0 Å². The maximum Gasteiger partial charge on any atom is 0.317 e. The maximum absolute atomic E-state index is 12.8. The SMILES string of the molecule is CCN(CC)C(=O)N[C@H]1CC2c3cccc4[nH]c(C=O)c(c34)C[C@H]2N(CC2CC2)C1. The van der Waals surface area contributed by atoms with Crippen molar-refractivity contribution in [2.45, 2.75) is 57.5 Å². The number of H-pyrrole nitrogens is 1. The van der Waals surface area contributed by atoms with E-state index >= 15 is 0 Å². The predicted molar refractivity (Wildman–Crippen MR) is 118 cm³/mol. The number of aromatic nitrogens is 1. The first-order valence-electron chi connectivity index (χ1n) is 11.5. The average molecular weight is 409 g/mol. The number of amides is 2. The molecule has 2 N–H and O–H groups in total. The second-order valence-corrected chi connectivity index (χ2v) is 9.23. The summed E-state index contributed by atoms with van der Waals surface area (Å²) < 4.78 is 0. The highest BCUT2D eigenvalue weighted by Crippen LogP contribution is 2.45. The summed E-state index contributed by atoms with van der Waals surface area (Å²) in [7, 11) is 0. The van der Waals surface area contributed by atoms with Gasteiger partial charge in [-0.05, 0) is 62.6 Å². The summed E-state index contributed by atoms with van der Waals surface area (Å²) in [5.41, 5.74) is 4.32. The van der Waals surface area contributed by atoms with Gasteiger partial charge >= 0.3 is 6.03 Å². The predicted octanol–water partition coefficient (Wildman–Crippen LogP) is 3.52. The number of rotatable bonds is 6. The number of hydrogen-bond acceptors (Lipinski definition) is 3. The summed E-state index contributed by atoms with van der Waals surface area (Å²) in [5.74, 6) is 1.17. The van der Waals surface area contributed by atoms with Crippen molar-refractivity contribution in [2.75, 3.05) is 26.2 Å². The molecule has 2 fully saturated rings. The second kappa shape index (κ2) is 7.73. The molecule has 1 saturated heterocycles. The van der Waals surface area contributed by atoms with Gasteiger partial charge in [-0.25, -0.2) is 4.79 Å². The van der Waals surface area contributed by atoms with Gasteiger partial charge in [0.25, 0.3) is 0 Å². The van der Waals surface area contributed by atoms with Crippen LogP contribution in [0.1, 0.15) is 60.6 Å². The van der Waals surface area contributed by atoms with Gasteiger partial charge in [0.1, 0.15) is 0 Å². The van der Waals surface area contributed by atoms with Crippen LogP contribution in [0.5, 0.6) is 0 Å².